The van der Waals surface area contributed by atoms with Gasteiger partial charge in [0.15, 0.2) is 5.54 Å². The van der Waals surface area contributed by atoms with Crippen molar-refractivity contribution in [2.75, 3.05) is 25.2 Å². The van der Waals surface area contributed by atoms with E-state index in [9.17, 15) is 9.59 Å². The monoisotopic (exact) mass is 512 g/mol. The number of Topliss-reactive ketones (excluding diaryl/α,β-unsaturated/α-hetero) is 1. The van der Waals surface area contributed by atoms with Crippen molar-refractivity contribution in [1.29, 1.82) is 0 Å². The molecule has 38 heavy (non-hydrogen) atoms. The first kappa shape index (κ1) is 25.1. The van der Waals surface area contributed by atoms with Gasteiger partial charge in [0.1, 0.15) is 17.9 Å². The molecule has 0 N–H and O–H groups in total. The summed E-state index contributed by atoms with van der Waals surface area (Å²) in [6.45, 7) is 2.81. The maximum absolute atomic E-state index is 13.9. The number of hydrogen-bond donors (Lipinski definition) is 0. The Morgan fingerprint density at radius 2 is 1.92 bits per heavy atom. The average Bonchev–Trinajstić information content (AvgIpc) is 3.60. The topological polar surface area (TPSA) is 103 Å². The van der Waals surface area contributed by atoms with E-state index in [0.717, 1.165) is 23.4 Å². The Morgan fingerprint density at radius 1 is 1.11 bits per heavy atom. The van der Waals surface area contributed by atoms with E-state index in [-0.39, 0.29) is 31.1 Å². The van der Waals surface area contributed by atoms with E-state index >= 15 is 0 Å². The van der Waals surface area contributed by atoms with E-state index in [0.29, 0.717) is 12.5 Å². The molecule has 0 fully saturated rings. The highest BCUT2D eigenvalue weighted by molar-refractivity contribution is 6.10. The van der Waals surface area contributed by atoms with E-state index in [1.165, 1.54) is 18.0 Å². The minimum Gasteiger partial charge on any atom is -0.497 e. The van der Waals surface area contributed by atoms with Crippen molar-refractivity contribution in [2.24, 2.45) is 4.99 Å². The summed E-state index contributed by atoms with van der Waals surface area (Å²) in [5, 5.41) is 0. The number of rotatable bonds is 10. The van der Waals surface area contributed by atoms with Gasteiger partial charge in [-0.05, 0) is 54.8 Å². The van der Waals surface area contributed by atoms with Gasteiger partial charge >= 0.3 is 5.97 Å². The summed E-state index contributed by atoms with van der Waals surface area (Å²) in [5.41, 5.74) is 1.81. The zero-order valence-corrected chi connectivity index (χ0v) is 21.3. The van der Waals surface area contributed by atoms with Crippen LogP contribution in [0.25, 0.3) is 0 Å². The number of anilines is 2. The quantitative estimate of drug-likeness (QED) is 0.293. The van der Waals surface area contributed by atoms with Gasteiger partial charge in [0.2, 0.25) is 17.6 Å². The second-order valence-electron chi connectivity index (χ2n) is 8.93. The number of benzene rings is 2. The summed E-state index contributed by atoms with van der Waals surface area (Å²) in [6, 6.07) is 15.5. The molecule has 2 aromatic carbocycles. The number of ketones is 1. The molecule has 5 rings (SSSR count). The highest BCUT2D eigenvalue weighted by atomic mass is 16.5. The lowest BCUT2D eigenvalue weighted by molar-refractivity contribution is -0.143. The highest BCUT2D eigenvalue weighted by Gasteiger charge is 2.42. The molecule has 1 aromatic heterocycles. The molecule has 0 aliphatic carbocycles. The predicted molar refractivity (Wildman–Crippen MR) is 142 cm³/mol. The normalized spacial score (nSPS) is 17.4. The summed E-state index contributed by atoms with van der Waals surface area (Å²) < 4.78 is 16.5. The minimum absolute atomic E-state index is 0.124. The molecule has 9 heteroatoms. The van der Waals surface area contributed by atoms with Gasteiger partial charge in [-0.2, -0.15) is 4.98 Å². The number of allylic oxidation sites excluding steroid dienone is 1. The number of ether oxygens (including phenoxy) is 3. The molecule has 0 amide bonds. The van der Waals surface area contributed by atoms with Gasteiger partial charge in [-0.1, -0.05) is 30.3 Å². The molecule has 0 saturated carbocycles. The van der Waals surface area contributed by atoms with Crippen LogP contribution < -0.4 is 14.4 Å². The van der Waals surface area contributed by atoms with Crippen LogP contribution in [-0.4, -0.2) is 53.7 Å². The Morgan fingerprint density at radius 3 is 2.66 bits per heavy atom. The molecule has 0 spiro atoms. The van der Waals surface area contributed by atoms with Gasteiger partial charge in [-0.15, -0.1) is 0 Å². The van der Waals surface area contributed by atoms with E-state index in [1.807, 2.05) is 47.4 Å². The van der Waals surface area contributed by atoms with Gasteiger partial charge in [0.05, 0.1) is 20.1 Å². The zero-order chi connectivity index (χ0) is 26.5. The van der Waals surface area contributed by atoms with Crippen LogP contribution in [0.1, 0.15) is 34.8 Å². The van der Waals surface area contributed by atoms with E-state index in [4.69, 9.17) is 19.2 Å². The number of esters is 1. The van der Waals surface area contributed by atoms with Crippen LogP contribution in [0.3, 0.4) is 0 Å². The largest absolute Gasteiger partial charge is 0.497 e. The molecule has 0 bridgehead atoms. The van der Waals surface area contributed by atoms with Gasteiger partial charge in [-0.3, -0.25) is 14.6 Å². The minimum atomic E-state index is -1.43. The van der Waals surface area contributed by atoms with Crippen LogP contribution in [-0.2, 0) is 22.6 Å². The molecule has 194 valence electrons. The van der Waals surface area contributed by atoms with Crippen molar-refractivity contribution < 1.29 is 23.8 Å². The van der Waals surface area contributed by atoms with Crippen LogP contribution >= 0.6 is 0 Å². The number of carbonyl (C=O) groups excluding carboxylic acids is 2. The Bertz CT molecular complexity index is 1390. The maximum atomic E-state index is 13.9. The SMILES string of the molecule is CCOC(=O)CC1(C(=O)c2cnc(N3CCc4ccccc43)nc2OCc2ccc(OC)cc2)C=CC=N1. The van der Waals surface area contributed by atoms with Crippen molar-refractivity contribution >= 4 is 29.6 Å². The van der Waals surface area contributed by atoms with Gasteiger partial charge < -0.3 is 19.1 Å². The third kappa shape index (κ3) is 5.00. The fourth-order valence-electron chi connectivity index (χ4n) is 4.58. The van der Waals surface area contributed by atoms with Crippen molar-refractivity contribution in [2.45, 2.75) is 31.9 Å². The predicted octanol–water partition coefficient (Wildman–Crippen LogP) is 4.27. The van der Waals surface area contributed by atoms with E-state index in [1.54, 1.807) is 26.2 Å². The molecule has 3 heterocycles. The second kappa shape index (κ2) is 10.8. The average molecular weight is 513 g/mol. The third-order valence-corrected chi connectivity index (χ3v) is 6.52. The van der Waals surface area contributed by atoms with Gasteiger partial charge in [-0.25, -0.2) is 4.98 Å². The Kier molecular flexibility index (Phi) is 7.17. The molecular formula is C29H28N4O5. The van der Waals surface area contributed by atoms with E-state index in [2.05, 4.69) is 16.0 Å². The first-order valence-electron chi connectivity index (χ1n) is 12.4. The Labute approximate surface area is 220 Å². The fraction of sp³-hybridized carbons (Fsp3) is 0.276. The Balaban J connectivity index is 1.49. The lowest BCUT2D eigenvalue weighted by atomic mass is 9.88. The van der Waals surface area contributed by atoms with Crippen LogP contribution in [0.15, 0.2) is 71.9 Å². The Hall–Kier alpha value is -4.53. The molecule has 0 saturated heterocycles. The fourth-order valence-corrected chi connectivity index (χ4v) is 4.58. The lowest BCUT2D eigenvalue weighted by Gasteiger charge is -2.24. The standard InChI is InChI=1S/C29H28N4O5/c1-3-37-25(34)17-29(14-6-15-31-29)26(35)23-18-30-28(33-16-13-21-7-4-5-8-24(21)33)32-27(23)38-19-20-9-11-22(36-2)12-10-20/h4-12,14-15,18H,3,13,16-17,19H2,1-2H3. The number of hydrogen-bond acceptors (Lipinski definition) is 9. The summed E-state index contributed by atoms with van der Waals surface area (Å²) >= 11 is 0. The summed E-state index contributed by atoms with van der Waals surface area (Å²) in [5.74, 6) is 0.332. The van der Waals surface area contributed by atoms with Crippen LogP contribution in [0.2, 0.25) is 0 Å². The number of fused-ring (bicyclic) bond motifs is 1. The van der Waals surface area contributed by atoms with Crippen LogP contribution in [0.5, 0.6) is 11.6 Å². The number of carbonyl (C=O) groups is 2. The number of aromatic nitrogens is 2. The molecule has 1 unspecified atom stereocenters. The van der Waals surface area contributed by atoms with Crippen LogP contribution in [0.4, 0.5) is 11.6 Å². The molecule has 0 radical (unpaired) electrons. The van der Waals surface area contributed by atoms with Crippen LogP contribution in [0, 0.1) is 0 Å². The number of nitrogens with zero attached hydrogens (tertiary/aromatic N) is 4. The molecular weight excluding hydrogens is 484 g/mol. The zero-order valence-electron chi connectivity index (χ0n) is 21.3. The number of aliphatic imine (C=N–C) groups is 1. The number of para-hydroxylation sites is 1. The van der Waals surface area contributed by atoms with Gasteiger partial charge in [0, 0.05) is 24.6 Å². The summed E-state index contributed by atoms with van der Waals surface area (Å²) in [4.78, 5) is 41.9. The highest BCUT2D eigenvalue weighted by Crippen LogP contribution is 2.35. The van der Waals surface area contributed by atoms with Gasteiger partial charge in [0.25, 0.3) is 0 Å². The molecule has 2 aliphatic rings. The summed E-state index contributed by atoms with van der Waals surface area (Å²) in [6.07, 6.45) is 6.85. The third-order valence-electron chi connectivity index (χ3n) is 6.52. The lowest BCUT2D eigenvalue weighted by Crippen LogP contribution is -2.37. The van der Waals surface area contributed by atoms with Crippen molar-refractivity contribution in [1.82, 2.24) is 9.97 Å². The molecule has 3 aromatic rings. The van der Waals surface area contributed by atoms with Crippen molar-refractivity contribution in [3.05, 3.63) is 83.6 Å². The first-order valence-corrected chi connectivity index (χ1v) is 12.4. The summed E-state index contributed by atoms with van der Waals surface area (Å²) in [7, 11) is 1.61. The molecule has 2 aliphatic heterocycles. The smallest absolute Gasteiger partial charge is 0.309 e. The second-order valence-corrected chi connectivity index (χ2v) is 8.93. The van der Waals surface area contributed by atoms with Crippen molar-refractivity contribution in [3.8, 4) is 11.6 Å². The molecule has 1 atom stereocenters. The van der Waals surface area contributed by atoms with E-state index < -0.39 is 17.3 Å². The number of methoxy groups -OCH3 is 1. The molecule has 9 nitrogen and oxygen atoms in total. The first-order chi connectivity index (χ1) is 18.5. The van der Waals surface area contributed by atoms with Crippen molar-refractivity contribution in [3.63, 3.8) is 0 Å². The maximum Gasteiger partial charge on any atom is 0.309 e.